The van der Waals surface area contributed by atoms with E-state index >= 15 is 0 Å². The van der Waals surface area contributed by atoms with E-state index in [1.54, 1.807) is 24.4 Å². The molecule has 0 aliphatic heterocycles. The first-order valence-electron chi connectivity index (χ1n) is 9.01. The highest BCUT2D eigenvalue weighted by atomic mass is 16.6. The fourth-order valence-electron chi connectivity index (χ4n) is 2.73. The summed E-state index contributed by atoms with van der Waals surface area (Å²) in [5.41, 5.74) is 1.01. The minimum absolute atomic E-state index is 0.0678. The van der Waals surface area contributed by atoms with Crippen LogP contribution in [0.25, 0.3) is 10.9 Å². The summed E-state index contributed by atoms with van der Waals surface area (Å²) in [6.45, 7) is -0.561. The third kappa shape index (κ3) is 5.22. The van der Waals surface area contributed by atoms with Gasteiger partial charge in [0.15, 0.2) is 6.61 Å². The van der Waals surface area contributed by atoms with Crippen LogP contribution in [0, 0.1) is 10.1 Å². The van der Waals surface area contributed by atoms with E-state index < -0.39 is 29.2 Å². The number of carbonyl (C=O) groups is 3. The van der Waals surface area contributed by atoms with Crippen molar-refractivity contribution in [2.45, 2.75) is 12.8 Å². The molecule has 0 radical (unpaired) electrons. The zero-order valence-corrected chi connectivity index (χ0v) is 15.7. The van der Waals surface area contributed by atoms with Gasteiger partial charge in [-0.2, -0.15) is 0 Å². The molecule has 9 heteroatoms. The minimum atomic E-state index is -0.722. The number of fused-ring (bicyclic) bond motifs is 1. The van der Waals surface area contributed by atoms with Crippen molar-refractivity contribution < 1.29 is 24.0 Å². The van der Waals surface area contributed by atoms with Crippen molar-refractivity contribution in [1.29, 1.82) is 0 Å². The number of nitro benzene ring substituents is 1. The molecule has 0 aliphatic carbocycles. The number of hydrogen-bond donors (Lipinski definition) is 1. The number of para-hydroxylation sites is 1. The van der Waals surface area contributed by atoms with Crippen molar-refractivity contribution in [2.24, 2.45) is 0 Å². The number of esters is 1. The van der Waals surface area contributed by atoms with Crippen molar-refractivity contribution in [3.8, 4) is 0 Å². The van der Waals surface area contributed by atoms with E-state index in [0.717, 1.165) is 11.5 Å². The predicted octanol–water partition coefficient (Wildman–Crippen LogP) is 3.29. The van der Waals surface area contributed by atoms with Crippen molar-refractivity contribution in [2.75, 3.05) is 11.9 Å². The molecule has 9 nitrogen and oxygen atoms in total. The molecule has 0 saturated carbocycles. The van der Waals surface area contributed by atoms with Crippen molar-refractivity contribution in [3.05, 3.63) is 76.5 Å². The molecule has 1 heterocycles. The first-order valence-corrected chi connectivity index (χ1v) is 9.01. The van der Waals surface area contributed by atoms with Crippen molar-refractivity contribution in [3.63, 3.8) is 0 Å². The van der Waals surface area contributed by atoms with Crippen LogP contribution in [-0.4, -0.2) is 34.2 Å². The van der Waals surface area contributed by atoms with Gasteiger partial charge in [0.05, 0.1) is 22.5 Å². The third-order valence-electron chi connectivity index (χ3n) is 4.21. The fourth-order valence-corrected chi connectivity index (χ4v) is 2.73. The Kier molecular flexibility index (Phi) is 6.43. The lowest BCUT2D eigenvalue weighted by Gasteiger charge is -2.08. The predicted molar refractivity (Wildman–Crippen MR) is 108 cm³/mol. The number of ketones is 1. The highest BCUT2D eigenvalue weighted by Crippen LogP contribution is 2.21. The first-order chi connectivity index (χ1) is 14.4. The lowest BCUT2D eigenvalue weighted by Crippen LogP contribution is -2.17. The summed E-state index contributed by atoms with van der Waals surface area (Å²) in [6, 6.07) is 14.2. The molecule has 0 fully saturated rings. The van der Waals surface area contributed by atoms with Crippen molar-refractivity contribution >= 4 is 39.9 Å². The Bertz CT molecular complexity index is 1120. The summed E-state index contributed by atoms with van der Waals surface area (Å²) in [5, 5.41) is 14.3. The largest absolute Gasteiger partial charge is 0.457 e. The number of Topliss-reactive ketones (excluding diaryl/α,β-unsaturated/α-hetero) is 1. The lowest BCUT2D eigenvalue weighted by atomic mass is 10.1. The van der Waals surface area contributed by atoms with Gasteiger partial charge in [-0.1, -0.05) is 30.3 Å². The Morgan fingerprint density at radius 1 is 1.03 bits per heavy atom. The number of hydrogen-bond acceptors (Lipinski definition) is 7. The van der Waals surface area contributed by atoms with Crippen LogP contribution in [0.5, 0.6) is 0 Å². The molecular weight excluding hydrogens is 390 g/mol. The topological polar surface area (TPSA) is 128 Å². The molecular formula is C21H17N3O6. The molecule has 0 aliphatic rings. The number of benzene rings is 2. The molecule has 0 spiro atoms. The van der Waals surface area contributed by atoms with Gasteiger partial charge in [-0.3, -0.25) is 29.5 Å². The van der Waals surface area contributed by atoms with E-state index in [1.807, 2.05) is 12.1 Å². The Morgan fingerprint density at radius 3 is 2.60 bits per heavy atom. The number of carbonyl (C=O) groups excluding carboxylic acids is 3. The summed E-state index contributed by atoms with van der Waals surface area (Å²) < 4.78 is 4.88. The van der Waals surface area contributed by atoms with Crippen LogP contribution in [0.15, 0.2) is 60.8 Å². The number of non-ortho nitro benzene ring substituents is 1. The molecule has 0 bridgehead atoms. The molecule has 0 saturated heterocycles. The SMILES string of the molecule is O=C(CCC(=O)OCC(=O)c1cccc([N+](=O)[O-])c1)Nc1cccc2cccnc12. The van der Waals surface area contributed by atoms with Gasteiger partial charge >= 0.3 is 5.97 Å². The minimum Gasteiger partial charge on any atom is -0.457 e. The molecule has 2 aromatic carbocycles. The average molecular weight is 407 g/mol. The quantitative estimate of drug-likeness (QED) is 0.262. The highest BCUT2D eigenvalue weighted by molar-refractivity contribution is 6.01. The Labute approximate surface area is 170 Å². The molecule has 3 aromatic rings. The van der Waals surface area contributed by atoms with Gasteiger partial charge in [-0.05, 0) is 12.1 Å². The zero-order valence-electron chi connectivity index (χ0n) is 15.7. The molecule has 30 heavy (non-hydrogen) atoms. The summed E-state index contributed by atoms with van der Waals surface area (Å²) in [7, 11) is 0. The van der Waals surface area contributed by atoms with Crippen LogP contribution < -0.4 is 5.32 Å². The monoisotopic (exact) mass is 407 g/mol. The second-order valence-electron chi connectivity index (χ2n) is 6.32. The maximum Gasteiger partial charge on any atom is 0.306 e. The number of nitro groups is 1. The molecule has 152 valence electrons. The number of pyridine rings is 1. The standard InChI is InChI=1S/C21H17N3O6/c25-18(15-5-1-7-16(12-15)24(28)29)13-30-20(27)10-9-19(26)23-17-8-2-4-14-6-3-11-22-21(14)17/h1-8,11-12H,9-10,13H2,(H,23,26). The van der Waals surface area contributed by atoms with Gasteiger partial charge in [0.25, 0.3) is 5.69 Å². The maximum atomic E-state index is 12.1. The first kappa shape index (κ1) is 20.6. The Balaban J connectivity index is 1.48. The summed E-state index contributed by atoms with van der Waals surface area (Å²) in [6.07, 6.45) is 1.27. The number of amides is 1. The van der Waals surface area contributed by atoms with E-state index in [2.05, 4.69) is 10.3 Å². The third-order valence-corrected chi connectivity index (χ3v) is 4.21. The molecule has 1 aromatic heterocycles. The molecule has 3 rings (SSSR count). The Hall–Kier alpha value is -4.14. The second kappa shape index (κ2) is 9.37. The average Bonchev–Trinajstić information content (AvgIpc) is 2.76. The smallest absolute Gasteiger partial charge is 0.306 e. The second-order valence-corrected chi connectivity index (χ2v) is 6.32. The fraction of sp³-hybridized carbons (Fsp3) is 0.143. The highest BCUT2D eigenvalue weighted by Gasteiger charge is 2.15. The van der Waals surface area contributed by atoms with Gasteiger partial charge in [0.1, 0.15) is 0 Å². The molecule has 1 N–H and O–H groups in total. The maximum absolute atomic E-state index is 12.1. The van der Waals surface area contributed by atoms with Crippen LogP contribution in [0.1, 0.15) is 23.2 Å². The van der Waals surface area contributed by atoms with Gasteiger partial charge < -0.3 is 10.1 Å². The van der Waals surface area contributed by atoms with Crippen LogP contribution in [0.4, 0.5) is 11.4 Å². The van der Waals surface area contributed by atoms with Crippen LogP contribution in [-0.2, 0) is 14.3 Å². The van der Waals surface area contributed by atoms with Gasteiger partial charge in [-0.25, -0.2) is 0 Å². The summed E-state index contributed by atoms with van der Waals surface area (Å²) in [5.74, 6) is -1.69. The molecule has 0 unspecified atom stereocenters. The van der Waals surface area contributed by atoms with E-state index in [0.29, 0.717) is 11.2 Å². The zero-order chi connectivity index (χ0) is 21.5. The number of nitrogens with one attached hydrogen (secondary N) is 1. The lowest BCUT2D eigenvalue weighted by molar-refractivity contribution is -0.384. The van der Waals surface area contributed by atoms with Crippen LogP contribution in [0.3, 0.4) is 0 Å². The van der Waals surface area contributed by atoms with Crippen LogP contribution >= 0.6 is 0 Å². The van der Waals surface area contributed by atoms with Gasteiger partial charge in [0, 0.05) is 35.7 Å². The number of aromatic nitrogens is 1. The number of anilines is 1. The number of rotatable bonds is 8. The van der Waals surface area contributed by atoms with E-state index in [-0.39, 0.29) is 24.1 Å². The molecule has 1 amide bonds. The van der Waals surface area contributed by atoms with Gasteiger partial charge in [-0.15, -0.1) is 0 Å². The summed E-state index contributed by atoms with van der Waals surface area (Å²) in [4.78, 5) is 50.4. The Morgan fingerprint density at radius 2 is 1.80 bits per heavy atom. The van der Waals surface area contributed by atoms with Crippen molar-refractivity contribution in [1.82, 2.24) is 4.98 Å². The molecule has 0 atom stereocenters. The van der Waals surface area contributed by atoms with E-state index in [9.17, 15) is 24.5 Å². The van der Waals surface area contributed by atoms with E-state index in [4.69, 9.17) is 4.74 Å². The number of ether oxygens (including phenoxy) is 1. The van der Waals surface area contributed by atoms with Gasteiger partial charge in [0.2, 0.25) is 11.7 Å². The normalized spacial score (nSPS) is 10.4. The van der Waals surface area contributed by atoms with Crippen LogP contribution in [0.2, 0.25) is 0 Å². The summed E-state index contributed by atoms with van der Waals surface area (Å²) >= 11 is 0. The van der Waals surface area contributed by atoms with E-state index in [1.165, 1.54) is 18.2 Å². The number of nitrogens with zero attached hydrogens (tertiary/aromatic N) is 2.